The first-order chi connectivity index (χ1) is 16.9. The normalized spacial score (nSPS) is 14.7. The van der Waals surface area contributed by atoms with Crippen LogP contribution in [0.1, 0.15) is 32.3 Å². The van der Waals surface area contributed by atoms with E-state index in [-0.39, 0.29) is 23.9 Å². The van der Waals surface area contributed by atoms with Crippen LogP contribution >= 0.6 is 0 Å². The van der Waals surface area contributed by atoms with E-state index < -0.39 is 0 Å². The van der Waals surface area contributed by atoms with Crippen LogP contribution in [0.5, 0.6) is 5.75 Å². The van der Waals surface area contributed by atoms with E-state index in [9.17, 15) is 14.0 Å². The van der Waals surface area contributed by atoms with Gasteiger partial charge in [0.2, 0.25) is 5.91 Å². The Morgan fingerprint density at radius 2 is 1.91 bits per heavy atom. The number of piperidine rings is 1. The SMILES string of the molecule is CCOC(=O)N1CCC(NC(=O)/C=C(\C)c2cc3c(-c4ccc(F)cc4)coc3cc2OC)CC1. The summed E-state index contributed by atoms with van der Waals surface area (Å²) in [6, 6.07) is 9.92. The zero-order chi connectivity index (χ0) is 24.9. The Balaban J connectivity index is 1.51. The van der Waals surface area contributed by atoms with Gasteiger partial charge < -0.3 is 24.1 Å². The molecule has 1 aliphatic rings. The molecule has 7 nitrogen and oxygen atoms in total. The summed E-state index contributed by atoms with van der Waals surface area (Å²) in [5.41, 5.74) is 3.79. The Kier molecular flexibility index (Phi) is 7.39. The van der Waals surface area contributed by atoms with Gasteiger partial charge in [0, 0.05) is 47.8 Å². The minimum absolute atomic E-state index is 0.0134. The lowest BCUT2D eigenvalue weighted by Gasteiger charge is -2.31. The number of nitrogens with zero attached hydrogens (tertiary/aromatic N) is 1. The number of fused-ring (bicyclic) bond motifs is 1. The van der Waals surface area contributed by atoms with Gasteiger partial charge in [-0.05, 0) is 56.0 Å². The molecular formula is C27H29FN2O5. The van der Waals surface area contributed by atoms with Gasteiger partial charge in [-0.15, -0.1) is 0 Å². The topological polar surface area (TPSA) is 81.0 Å². The molecule has 0 bridgehead atoms. The van der Waals surface area contributed by atoms with E-state index in [0.717, 1.165) is 27.6 Å². The van der Waals surface area contributed by atoms with Crippen LogP contribution in [0.4, 0.5) is 9.18 Å². The number of ether oxygens (including phenoxy) is 2. The number of methoxy groups -OCH3 is 1. The molecule has 1 aliphatic heterocycles. The van der Waals surface area contributed by atoms with Crippen molar-refractivity contribution < 1.29 is 27.9 Å². The summed E-state index contributed by atoms with van der Waals surface area (Å²) in [6.45, 7) is 5.07. The Labute approximate surface area is 203 Å². The van der Waals surface area contributed by atoms with Crippen molar-refractivity contribution in [1.82, 2.24) is 10.2 Å². The van der Waals surface area contributed by atoms with E-state index in [1.807, 2.05) is 13.0 Å². The quantitative estimate of drug-likeness (QED) is 0.479. The van der Waals surface area contributed by atoms with Gasteiger partial charge in [0.05, 0.1) is 20.0 Å². The first-order valence-corrected chi connectivity index (χ1v) is 11.7. The predicted molar refractivity (Wildman–Crippen MR) is 132 cm³/mol. The van der Waals surface area contributed by atoms with E-state index in [0.29, 0.717) is 43.9 Å². The van der Waals surface area contributed by atoms with Crippen molar-refractivity contribution in [2.75, 3.05) is 26.8 Å². The van der Waals surface area contributed by atoms with Crippen LogP contribution in [0.25, 0.3) is 27.7 Å². The second-order valence-corrected chi connectivity index (χ2v) is 8.50. The van der Waals surface area contributed by atoms with Gasteiger partial charge in [-0.3, -0.25) is 4.79 Å². The number of allylic oxidation sites excluding steroid dienone is 1. The van der Waals surface area contributed by atoms with Crippen molar-refractivity contribution in [3.63, 3.8) is 0 Å². The maximum absolute atomic E-state index is 13.4. The highest BCUT2D eigenvalue weighted by Gasteiger charge is 2.24. The minimum Gasteiger partial charge on any atom is -0.496 e. The number of likely N-dealkylation sites (tertiary alicyclic amines) is 1. The van der Waals surface area contributed by atoms with Gasteiger partial charge >= 0.3 is 6.09 Å². The predicted octanol–water partition coefficient (Wildman–Crippen LogP) is 5.39. The van der Waals surface area contributed by atoms with Gasteiger partial charge in [-0.1, -0.05) is 12.1 Å². The second kappa shape index (κ2) is 10.6. The fourth-order valence-corrected chi connectivity index (χ4v) is 4.32. The van der Waals surface area contributed by atoms with Crippen molar-refractivity contribution in [3.05, 3.63) is 60.1 Å². The molecular weight excluding hydrogens is 451 g/mol. The van der Waals surface area contributed by atoms with Crippen LogP contribution in [0.15, 0.2) is 53.2 Å². The number of nitrogens with one attached hydrogen (secondary N) is 1. The second-order valence-electron chi connectivity index (χ2n) is 8.50. The maximum Gasteiger partial charge on any atom is 0.409 e. The first-order valence-electron chi connectivity index (χ1n) is 11.7. The van der Waals surface area contributed by atoms with Crippen LogP contribution < -0.4 is 10.1 Å². The summed E-state index contributed by atoms with van der Waals surface area (Å²) in [4.78, 5) is 26.3. The third-order valence-electron chi connectivity index (χ3n) is 6.19. The standard InChI is InChI=1S/C27H29FN2O5/c1-4-34-27(32)30-11-9-20(10-12-30)29-26(31)13-17(2)21-14-22-23(18-5-7-19(28)8-6-18)16-35-25(22)15-24(21)33-3/h5-8,13-16,20H,4,9-12H2,1-3H3,(H,29,31)/b17-13+. The van der Waals surface area contributed by atoms with E-state index in [1.54, 1.807) is 49.5 Å². The molecule has 1 aromatic heterocycles. The van der Waals surface area contributed by atoms with Gasteiger partial charge in [0.25, 0.3) is 0 Å². The molecule has 0 radical (unpaired) electrons. The Bertz CT molecular complexity index is 1240. The lowest BCUT2D eigenvalue weighted by atomic mass is 9.99. The molecule has 0 saturated carbocycles. The molecule has 184 valence electrons. The van der Waals surface area contributed by atoms with Gasteiger partial charge in [-0.2, -0.15) is 0 Å². The van der Waals surface area contributed by atoms with E-state index in [1.165, 1.54) is 12.1 Å². The Hall–Kier alpha value is -3.81. The average Bonchev–Trinajstić information content (AvgIpc) is 3.27. The summed E-state index contributed by atoms with van der Waals surface area (Å²) >= 11 is 0. The number of hydrogen-bond donors (Lipinski definition) is 1. The molecule has 1 fully saturated rings. The zero-order valence-corrected chi connectivity index (χ0v) is 20.1. The molecule has 0 spiro atoms. The van der Waals surface area contributed by atoms with E-state index in [4.69, 9.17) is 13.9 Å². The smallest absolute Gasteiger partial charge is 0.409 e. The molecule has 0 atom stereocenters. The highest BCUT2D eigenvalue weighted by Crippen LogP contribution is 2.37. The highest BCUT2D eigenvalue weighted by atomic mass is 19.1. The third-order valence-corrected chi connectivity index (χ3v) is 6.19. The first kappa shape index (κ1) is 24.3. The number of amides is 2. The largest absolute Gasteiger partial charge is 0.496 e. The number of carbonyl (C=O) groups excluding carboxylic acids is 2. The molecule has 4 rings (SSSR count). The average molecular weight is 481 g/mol. The summed E-state index contributed by atoms with van der Waals surface area (Å²) in [5, 5.41) is 3.87. The van der Waals surface area contributed by atoms with E-state index >= 15 is 0 Å². The van der Waals surface area contributed by atoms with Crippen LogP contribution in [0, 0.1) is 5.82 Å². The minimum atomic E-state index is -0.310. The lowest BCUT2D eigenvalue weighted by molar-refractivity contribution is -0.117. The third kappa shape index (κ3) is 5.48. The van der Waals surface area contributed by atoms with Crippen molar-refractivity contribution in [1.29, 1.82) is 0 Å². The Morgan fingerprint density at radius 1 is 1.20 bits per heavy atom. The highest BCUT2D eigenvalue weighted by molar-refractivity contribution is 6.00. The summed E-state index contributed by atoms with van der Waals surface area (Å²) in [7, 11) is 1.57. The molecule has 8 heteroatoms. The molecule has 2 amide bonds. The molecule has 0 unspecified atom stereocenters. The molecule has 1 saturated heterocycles. The van der Waals surface area contributed by atoms with Crippen molar-refractivity contribution >= 4 is 28.5 Å². The monoisotopic (exact) mass is 480 g/mol. The van der Waals surface area contributed by atoms with Crippen molar-refractivity contribution in [2.24, 2.45) is 0 Å². The van der Waals surface area contributed by atoms with Crippen LogP contribution in [-0.2, 0) is 9.53 Å². The number of rotatable bonds is 6. The van der Waals surface area contributed by atoms with Gasteiger partial charge in [-0.25, -0.2) is 9.18 Å². The fraction of sp³-hybridized carbons (Fsp3) is 0.333. The van der Waals surface area contributed by atoms with Crippen LogP contribution in [-0.4, -0.2) is 49.7 Å². The number of hydrogen-bond acceptors (Lipinski definition) is 5. The van der Waals surface area contributed by atoms with Crippen molar-refractivity contribution in [2.45, 2.75) is 32.7 Å². The summed E-state index contributed by atoms with van der Waals surface area (Å²) in [5.74, 6) is 0.0762. The Morgan fingerprint density at radius 3 is 2.57 bits per heavy atom. The number of furan rings is 1. The number of halogens is 1. The van der Waals surface area contributed by atoms with Crippen molar-refractivity contribution in [3.8, 4) is 16.9 Å². The maximum atomic E-state index is 13.4. The molecule has 1 N–H and O–H groups in total. The molecule has 2 aromatic carbocycles. The lowest BCUT2D eigenvalue weighted by Crippen LogP contribution is -2.46. The number of benzene rings is 2. The van der Waals surface area contributed by atoms with E-state index in [2.05, 4.69) is 5.32 Å². The fourth-order valence-electron chi connectivity index (χ4n) is 4.32. The van der Waals surface area contributed by atoms with Crippen LogP contribution in [0.3, 0.4) is 0 Å². The molecule has 3 aromatic rings. The summed E-state index contributed by atoms with van der Waals surface area (Å²) < 4.78 is 29.7. The molecule has 0 aliphatic carbocycles. The summed E-state index contributed by atoms with van der Waals surface area (Å²) in [6.07, 6.45) is 4.22. The molecule has 2 heterocycles. The zero-order valence-electron chi connectivity index (χ0n) is 20.1. The van der Waals surface area contributed by atoms with Gasteiger partial charge in [0.1, 0.15) is 17.1 Å². The van der Waals surface area contributed by atoms with Gasteiger partial charge in [0.15, 0.2) is 0 Å². The molecule has 35 heavy (non-hydrogen) atoms. The number of carbonyl (C=O) groups is 2. The van der Waals surface area contributed by atoms with Crippen LogP contribution in [0.2, 0.25) is 0 Å².